The van der Waals surface area contributed by atoms with Crippen molar-refractivity contribution in [2.24, 2.45) is 0 Å². The predicted molar refractivity (Wildman–Crippen MR) is 95.8 cm³/mol. The minimum Gasteiger partial charge on any atom is -0.464 e. The summed E-state index contributed by atoms with van der Waals surface area (Å²) in [7, 11) is 0. The van der Waals surface area contributed by atoms with Crippen molar-refractivity contribution in [1.29, 1.82) is 0 Å². The molecule has 0 saturated heterocycles. The zero-order valence-electron chi connectivity index (χ0n) is 13.9. The van der Waals surface area contributed by atoms with Gasteiger partial charge in [0.2, 0.25) is 0 Å². The summed E-state index contributed by atoms with van der Waals surface area (Å²) >= 11 is 3.42. The van der Waals surface area contributed by atoms with Crippen LogP contribution in [0.4, 0.5) is 11.4 Å². The van der Waals surface area contributed by atoms with Gasteiger partial charge in [-0.15, -0.1) is 0 Å². The molecule has 130 valence electrons. The first-order chi connectivity index (χ1) is 11.5. The molecule has 0 aromatic heterocycles. The molecule has 6 nitrogen and oxygen atoms in total. The zero-order valence-corrected chi connectivity index (χ0v) is 15.5. The summed E-state index contributed by atoms with van der Waals surface area (Å²) in [5, 5.41) is 6.35. The largest absolute Gasteiger partial charge is 0.464 e. The second-order valence-electron chi connectivity index (χ2n) is 5.11. The standard InChI is InChI=1S/C17H21BrN2O4/c1-4-11-14(16(21)23-5-2)15(17(22)24-6-3)20-13-9-10(18)7-8-12(13)19-11/h7-9,15,19-20H,4-6H2,1-3H3. The van der Waals surface area contributed by atoms with Gasteiger partial charge in [0.15, 0.2) is 6.04 Å². The van der Waals surface area contributed by atoms with Gasteiger partial charge in [0.25, 0.3) is 0 Å². The molecule has 0 saturated carbocycles. The second kappa shape index (κ2) is 8.19. The van der Waals surface area contributed by atoms with Gasteiger partial charge in [-0.3, -0.25) is 0 Å². The maximum Gasteiger partial charge on any atom is 0.338 e. The van der Waals surface area contributed by atoms with Crippen LogP contribution in [0.2, 0.25) is 0 Å². The van der Waals surface area contributed by atoms with E-state index >= 15 is 0 Å². The number of rotatable bonds is 5. The number of benzene rings is 1. The van der Waals surface area contributed by atoms with Crippen molar-refractivity contribution in [2.75, 3.05) is 23.8 Å². The number of carbonyl (C=O) groups is 2. The van der Waals surface area contributed by atoms with Crippen molar-refractivity contribution in [3.8, 4) is 0 Å². The maximum atomic E-state index is 12.5. The molecular formula is C17H21BrN2O4. The van der Waals surface area contributed by atoms with E-state index in [0.29, 0.717) is 17.8 Å². The van der Waals surface area contributed by atoms with Gasteiger partial charge < -0.3 is 20.1 Å². The zero-order chi connectivity index (χ0) is 17.7. The quantitative estimate of drug-likeness (QED) is 0.742. The van der Waals surface area contributed by atoms with E-state index in [9.17, 15) is 9.59 Å². The van der Waals surface area contributed by atoms with Crippen LogP contribution in [-0.2, 0) is 19.1 Å². The van der Waals surface area contributed by atoms with Gasteiger partial charge in [0, 0.05) is 10.2 Å². The molecule has 2 rings (SSSR count). The number of fused-ring (bicyclic) bond motifs is 1. The fraction of sp³-hybridized carbons (Fsp3) is 0.412. The Bertz CT molecular complexity index is 673. The number of hydrogen-bond acceptors (Lipinski definition) is 6. The van der Waals surface area contributed by atoms with Gasteiger partial charge >= 0.3 is 11.9 Å². The highest BCUT2D eigenvalue weighted by Gasteiger charge is 2.35. The van der Waals surface area contributed by atoms with Gasteiger partial charge in [0.05, 0.1) is 30.2 Å². The van der Waals surface area contributed by atoms with Crippen molar-refractivity contribution in [3.05, 3.63) is 33.9 Å². The molecule has 1 unspecified atom stereocenters. The monoisotopic (exact) mass is 396 g/mol. The van der Waals surface area contributed by atoms with E-state index < -0.39 is 18.0 Å². The van der Waals surface area contributed by atoms with Crippen molar-refractivity contribution < 1.29 is 19.1 Å². The number of carbonyl (C=O) groups excluding carboxylic acids is 2. The predicted octanol–water partition coefficient (Wildman–Crippen LogP) is 3.45. The molecule has 1 heterocycles. The molecule has 0 aliphatic carbocycles. The average molecular weight is 397 g/mol. The molecule has 1 atom stereocenters. The van der Waals surface area contributed by atoms with E-state index in [1.54, 1.807) is 13.8 Å². The second-order valence-corrected chi connectivity index (χ2v) is 6.03. The summed E-state index contributed by atoms with van der Waals surface area (Å²) in [4.78, 5) is 24.9. The lowest BCUT2D eigenvalue weighted by atomic mass is 10.0. The average Bonchev–Trinajstić information content (AvgIpc) is 2.71. The van der Waals surface area contributed by atoms with Crippen molar-refractivity contribution >= 4 is 39.2 Å². The molecule has 2 N–H and O–H groups in total. The fourth-order valence-electron chi connectivity index (χ4n) is 2.51. The smallest absolute Gasteiger partial charge is 0.338 e. The molecule has 0 fully saturated rings. The van der Waals surface area contributed by atoms with E-state index in [4.69, 9.17) is 9.47 Å². The summed E-state index contributed by atoms with van der Waals surface area (Å²) in [6.45, 7) is 5.83. The number of ether oxygens (including phenoxy) is 2. The molecule has 0 radical (unpaired) electrons. The van der Waals surface area contributed by atoms with Crippen LogP contribution in [0.25, 0.3) is 0 Å². The summed E-state index contributed by atoms with van der Waals surface area (Å²) in [6.07, 6.45) is 0.543. The minimum absolute atomic E-state index is 0.230. The Kier molecular flexibility index (Phi) is 6.25. The van der Waals surface area contributed by atoms with Gasteiger partial charge in [-0.25, -0.2) is 9.59 Å². The van der Waals surface area contributed by atoms with Crippen molar-refractivity contribution in [1.82, 2.24) is 0 Å². The Morgan fingerprint density at radius 3 is 2.46 bits per heavy atom. The highest BCUT2D eigenvalue weighted by molar-refractivity contribution is 9.10. The van der Waals surface area contributed by atoms with Crippen LogP contribution in [-0.4, -0.2) is 31.2 Å². The van der Waals surface area contributed by atoms with Gasteiger partial charge in [-0.05, 0) is 38.5 Å². The van der Waals surface area contributed by atoms with Crippen LogP contribution in [0.1, 0.15) is 27.2 Å². The van der Waals surface area contributed by atoms with Crippen molar-refractivity contribution in [2.45, 2.75) is 33.2 Å². The topological polar surface area (TPSA) is 76.7 Å². The molecule has 1 aliphatic heterocycles. The van der Waals surface area contributed by atoms with Crippen LogP contribution < -0.4 is 10.6 Å². The van der Waals surface area contributed by atoms with Crippen LogP contribution in [0.15, 0.2) is 33.9 Å². The lowest BCUT2D eigenvalue weighted by Crippen LogP contribution is -2.37. The molecule has 1 aromatic rings. The number of allylic oxidation sites excluding steroid dienone is 1. The van der Waals surface area contributed by atoms with E-state index in [1.165, 1.54) is 0 Å². The molecule has 0 bridgehead atoms. The third-order valence-corrected chi connectivity index (χ3v) is 4.05. The third-order valence-electron chi connectivity index (χ3n) is 3.55. The summed E-state index contributed by atoms with van der Waals surface area (Å²) in [5.74, 6) is -1.04. The first kappa shape index (κ1) is 18.3. The Morgan fingerprint density at radius 2 is 1.83 bits per heavy atom. The van der Waals surface area contributed by atoms with Gasteiger partial charge in [-0.2, -0.15) is 0 Å². The SMILES string of the molecule is CCOC(=O)C1=C(CC)Nc2ccc(Br)cc2NC1C(=O)OCC. The van der Waals surface area contributed by atoms with Crippen LogP contribution in [0.5, 0.6) is 0 Å². The number of anilines is 2. The Labute approximate surface area is 149 Å². The van der Waals surface area contributed by atoms with E-state index in [2.05, 4.69) is 26.6 Å². The first-order valence-electron chi connectivity index (χ1n) is 7.91. The highest BCUT2D eigenvalue weighted by atomic mass is 79.9. The van der Waals surface area contributed by atoms with Crippen LogP contribution >= 0.6 is 15.9 Å². The van der Waals surface area contributed by atoms with E-state index in [-0.39, 0.29) is 18.8 Å². The lowest BCUT2D eigenvalue weighted by molar-refractivity contribution is -0.146. The number of hydrogen-bond donors (Lipinski definition) is 2. The summed E-state index contributed by atoms with van der Waals surface area (Å²) in [5.41, 5.74) is 2.38. The Morgan fingerprint density at radius 1 is 1.12 bits per heavy atom. The van der Waals surface area contributed by atoms with Crippen molar-refractivity contribution in [3.63, 3.8) is 0 Å². The molecule has 7 heteroatoms. The molecule has 0 amide bonds. The Hall–Kier alpha value is -2.02. The molecule has 24 heavy (non-hydrogen) atoms. The van der Waals surface area contributed by atoms with E-state index in [0.717, 1.165) is 10.2 Å². The summed E-state index contributed by atoms with van der Waals surface area (Å²) in [6, 6.07) is 4.67. The normalized spacial score (nSPS) is 16.4. The molecule has 1 aliphatic rings. The minimum atomic E-state index is -0.929. The molecule has 1 aromatic carbocycles. The fourth-order valence-corrected chi connectivity index (χ4v) is 2.87. The van der Waals surface area contributed by atoms with E-state index in [1.807, 2.05) is 25.1 Å². The first-order valence-corrected chi connectivity index (χ1v) is 8.70. The lowest BCUT2D eigenvalue weighted by Gasteiger charge is -2.20. The molecular weight excluding hydrogens is 376 g/mol. The maximum absolute atomic E-state index is 12.5. The number of nitrogens with one attached hydrogen (secondary N) is 2. The number of esters is 2. The van der Waals surface area contributed by atoms with Gasteiger partial charge in [0.1, 0.15) is 0 Å². The Balaban J connectivity index is 2.54. The van der Waals surface area contributed by atoms with Crippen LogP contribution in [0.3, 0.4) is 0 Å². The number of halogens is 1. The highest BCUT2D eigenvalue weighted by Crippen LogP contribution is 2.33. The van der Waals surface area contributed by atoms with Gasteiger partial charge in [-0.1, -0.05) is 22.9 Å². The third kappa shape index (κ3) is 3.90. The summed E-state index contributed by atoms with van der Waals surface area (Å²) < 4.78 is 11.2. The molecule has 0 spiro atoms. The van der Waals surface area contributed by atoms with Crippen LogP contribution in [0, 0.1) is 0 Å².